The molecule has 5 nitrogen and oxygen atoms in total. The SMILES string of the molecule is CC(C)CN(CC(F)(F)F)C(=O)c1ncn[nH]1. The summed E-state index contributed by atoms with van der Waals surface area (Å²) in [6, 6.07) is 0. The summed E-state index contributed by atoms with van der Waals surface area (Å²) in [4.78, 5) is 16.0. The van der Waals surface area contributed by atoms with Crippen LogP contribution in [0.5, 0.6) is 0 Å². The Morgan fingerprint density at radius 1 is 1.53 bits per heavy atom. The number of aromatic amines is 1. The Morgan fingerprint density at radius 3 is 2.59 bits per heavy atom. The number of nitrogens with zero attached hydrogens (tertiary/aromatic N) is 3. The molecule has 0 saturated carbocycles. The highest BCUT2D eigenvalue weighted by atomic mass is 19.4. The fourth-order valence-electron chi connectivity index (χ4n) is 1.33. The molecule has 0 saturated heterocycles. The summed E-state index contributed by atoms with van der Waals surface area (Å²) < 4.78 is 37.0. The van der Waals surface area contributed by atoms with Crippen molar-refractivity contribution in [1.29, 1.82) is 0 Å². The second-order valence-electron chi connectivity index (χ2n) is 4.03. The summed E-state index contributed by atoms with van der Waals surface area (Å²) in [5.41, 5.74) is 0. The van der Waals surface area contributed by atoms with E-state index in [4.69, 9.17) is 0 Å². The molecular weight excluding hydrogens is 237 g/mol. The second-order valence-corrected chi connectivity index (χ2v) is 4.03. The Labute approximate surface area is 96.0 Å². The average molecular weight is 250 g/mol. The molecule has 8 heteroatoms. The van der Waals surface area contributed by atoms with Crippen LogP contribution in [0.25, 0.3) is 0 Å². The van der Waals surface area contributed by atoms with Crippen LogP contribution in [-0.4, -0.2) is 45.3 Å². The van der Waals surface area contributed by atoms with Crippen molar-refractivity contribution < 1.29 is 18.0 Å². The summed E-state index contributed by atoms with van der Waals surface area (Å²) in [5.74, 6) is -1.05. The Morgan fingerprint density at radius 2 is 2.18 bits per heavy atom. The second kappa shape index (κ2) is 5.15. The number of hydrogen-bond acceptors (Lipinski definition) is 3. The third-order valence-electron chi connectivity index (χ3n) is 1.86. The van der Waals surface area contributed by atoms with Crippen molar-refractivity contribution >= 4 is 5.91 Å². The number of rotatable bonds is 4. The largest absolute Gasteiger partial charge is 0.406 e. The van der Waals surface area contributed by atoms with Gasteiger partial charge in [0.2, 0.25) is 5.82 Å². The van der Waals surface area contributed by atoms with Crippen molar-refractivity contribution in [3.63, 3.8) is 0 Å². The molecule has 0 bridgehead atoms. The number of nitrogens with one attached hydrogen (secondary N) is 1. The quantitative estimate of drug-likeness (QED) is 0.880. The highest BCUT2D eigenvalue weighted by molar-refractivity contribution is 5.90. The van der Waals surface area contributed by atoms with Crippen LogP contribution in [0.3, 0.4) is 0 Å². The third kappa shape index (κ3) is 4.41. The summed E-state index contributed by atoms with van der Waals surface area (Å²) in [7, 11) is 0. The van der Waals surface area contributed by atoms with Gasteiger partial charge in [0.05, 0.1) is 0 Å². The van der Waals surface area contributed by atoms with Crippen molar-refractivity contribution in [3.8, 4) is 0 Å². The highest BCUT2D eigenvalue weighted by Gasteiger charge is 2.34. The zero-order valence-corrected chi connectivity index (χ0v) is 9.45. The molecule has 1 aromatic rings. The lowest BCUT2D eigenvalue weighted by molar-refractivity contribution is -0.141. The fourth-order valence-corrected chi connectivity index (χ4v) is 1.33. The summed E-state index contributed by atoms with van der Waals surface area (Å²) >= 11 is 0. The van der Waals surface area contributed by atoms with E-state index in [1.54, 1.807) is 13.8 Å². The Kier molecular flexibility index (Phi) is 4.08. The molecule has 0 aromatic carbocycles. The highest BCUT2D eigenvalue weighted by Crippen LogP contribution is 2.18. The molecular formula is C9H13F3N4O. The lowest BCUT2D eigenvalue weighted by Gasteiger charge is -2.24. The molecule has 0 spiro atoms. The van der Waals surface area contributed by atoms with Gasteiger partial charge in [-0.1, -0.05) is 13.8 Å². The number of carbonyl (C=O) groups is 1. The lowest BCUT2D eigenvalue weighted by atomic mass is 10.2. The maximum atomic E-state index is 12.3. The molecule has 1 N–H and O–H groups in total. The molecule has 0 aliphatic rings. The number of carbonyl (C=O) groups excluding carboxylic acids is 1. The van der Waals surface area contributed by atoms with Crippen molar-refractivity contribution in [2.24, 2.45) is 5.92 Å². The van der Waals surface area contributed by atoms with Gasteiger partial charge in [0.15, 0.2) is 0 Å². The number of alkyl halides is 3. The minimum atomic E-state index is -4.43. The number of H-pyrrole nitrogens is 1. The molecule has 0 atom stereocenters. The first-order valence-electron chi connectivity index (χ1n) is 5.01. The maximum Gasteiger partial charge on any atom is 0.406 e. The number of aromatic nitrogens is 3. The van der Waals surface area contributed by atoms with Gasteiger partial charge in [-0.3, -0.25) is 9.89 Å². The van der Waals surface area contributed by atoms with Crippen molar-refractivity contribution in [2.75, 3.05) is 13.1 Å². The van der Waals surface area contributed by atoms with Crippen LogP contribution >= 0.6 is 0 Å². The van der Waals surface area contributed by atoms with Gasteiger partial charge in [-0.05, 0) is 5.92 Å². The van der Waals surface area contributed by atoms with Gasteiger partial charge in [0.25, 0.3) is 5.91 Å². The number of hydrogen-bond donors (Lipinski definition) is 1. The zero-order valence-electron chi connectivity index (χ0n) is 9.45. The lowest BCUT2D eigenvalue weighted by Crippen LogP contribution is -2.41. The molecule has 0 radical (unpaired) electrons. The smallest absolute Gasteiger partial charge is 0.327 e. The number of amides is 1. The van der Waals surface area contributed by atoms with E-state index in [9.17, 15) is 18.0 Å². The van der Waals surface area contributed by atoms with Gasteiger partial charge < -0.3 is 4.90 Å². The van der Waals surface area contributed by atoms with E-state index in [0.717, 1.165) is 6.33 Å². The molecule has 1 rings (SSSR count). The van der Waals surface area contributed by atoms with Gasteiger partial charge >= 0.3 is 6.18 Å². The molecule has 1 heterocycles. The summed E-state index contributed by atoms with van der Waals surface area (Å²) in [6.45, 7) is 2.19. The van der Waals surface area contributed by atoms with E-state index < -0.39 is 18.6 Å². The minimum Gasteiger partial charge on any atom is -0.327 e. The molecule has 1 aromatic heterocycles. The molecule has 0 fully saturated rings. The molecule has 17 heavy (non-hydrogen) atoms. The minimum absolute atomic E-state index is 0.0129. The van der Waals surface area contributed by atoms with E-state index in [1.807, 2.05) is 0 Å². The molecule has 0 unspecified atom stereocenters. The van der Waals surface area contributed by atoms with Crippen LogP contribution in [0.1, 0.15) is 24.5 Å². The first kappa shape index (κ1) is 13.5. The maximum absolute atomic E-state index is 12.3. The monoisotopic (exact) mass is 250 g/mol. The fraction of sp³-hybridized carbons (Fsp3) is 0.667. The number of halogens is 3. The summed E-state index contributed by atoms with van der Waals surface area (Å²) in [5, 5.41) is 5.69. The van der Waals surface area contributed by atoms with Crippen LogP contribution in [0, 0.1) is 5.92 Å². The van der Waals surface area contributed by atoms with Crippen molar-refractivity contribution in [1.82, 2.24) is 20.1 Å². The first-order chi connectivity index (χ1) is 7.79. The summed E-state index contributed by atoms with van der Waals surface area (Å²) in [6.07, 6.45) is -3.35. The Bertz CT molecular complexity index is 361. The first-order valence-corrected chi connectivity index (χ1v) is 5.01. The topological polar surface area (TPSA) is 61.9 Å². The van der Waals surface area contributed by atoms with Crippen molar-refractivity contribution in [3.05, 3.63) is 12.2 Å². The van der Waals surface area contributed by atoms with Crippen LogP contribution < -0.4 is 0 Å². The van der Waals surface area contributed by atoms with Gasteiger partial charge in [-0.2, -0.15) is 18.3 Å². The van der Waals surface area contributed by atoms with Crippen LogP contribution in [0.2, 0.25) is 0 Å². The van der Waals surface area contributed by atoms with Crippen LogP contribution in [0.15, 0.2) is 6.33 Å². The predicted octanol–water partition coefficient (Wildman–Crippen LogP) is 1.47. The van der Waals surface area contributed by atoms with Crippen LogP contribution in [0.4, 0.5) is 13.2 Å². The molecule has 1 amide bonds. The standard InChI is InChI=1S/C9H13F3N4O/c1-6(2)3-16(4-9(10,11)12)8(17)7-13-5-14-15-7/h5-6H,3-4H2,1-2H3,(H,13,14,15). The average Bonchev–Trinajstić information content (AvgIpc) is 2.65. The third-order valence-corrected chi connectivity index (χ3v) is 1.86. The van der Waals surface area contributed by atoms with E-state index >= 15 is 0 Å². The van der Waals surface area contributed by atoms with Crippen LogP contribution in [-0.2, 0) is 0 Å². The Hall–Kier alpha value is -1.60. The van der Waals surface area contributed by atoms with Gasteiger partial charge in [0.1, 0.15) is 12.9 Å². The Balaban J connectivity index is 2.79. The molecule has 0 aliphatic heterocycles. The van der Waals surface area contributed by atoms with E-state index in [0.29, 0.717) is 4.90 Å². The van der Waals surface area contributed by atoms with Crippen molar-refractivity contribution in [2.45, 2.75) is 20.0 Å². The van der Waals surface area contributed by atoms with E-state index in [-0.39, 0.29) is 18.3 Å². The van der Waals surface area contributed by atoms with E-state index in [1.165, 1.54) is 0 Å². The normalized spacial score (nSPS) is 11.9. The molecule has 0 aliphatic carbocycles. The zero-order chi connectivity index (χ0) is 13.1. The predicted molar refractivity (Wildman–Crippen MR) is 53.2 cm³/mol. The van der Waals surface area contributed by atoms with Gasteiger partial charge in [0, 0.05) is 6.54 Å². The molecule has 96 valence electrons. The van der Waals surface area contributed by atoms with Gasteiger partial charge in [-0.25, -0.2) is 4.98 Å². The van der Waals surface area contributed by atoms with E-state index in [2.05, 4.69) is 15.2 Å². The van der Waals surface area contributed by atoms with Gasteiger partial charge in [-0.15, -0.1) is 0 Å².